The van der Waals surface area contributed by atoms with Gasteiger partial charge in [0.05, 0.1) is 4.88 Å². The number of likely N-dealkylation sites (tertiary alicyclic amines) is 1. The molecule has 2 aromatic rings. The summed E-state index contributed by atoms with van der Waals surface area (Å²) in [6, 6.07) is 2.82. The number of hydrogen-bond donors (Lipinski definition) is 0. The van der Waals surface area contributed by atoms with Crippen molar-refractivity contribution in [1.29, 1.82) is 0 Å². The van der Waals surface area contributed by atoms with Crippen LogP contribution in [0.4, 0.5) is 13.2 Å². The standard InChI is InChI=1S/C11H10F3N5OS/c12-11(13,14)6-18-4-3-7(10(18)20)19-16-9(15-17-19)8-2-1-5-21-8/h1-2,5,7H,3-4,6H2/t7-/m1/s1. The molecule has 21 heavy (non-hydrogen) atoms. The van der Waals surface area contributed by atoms with Crippen LogP contribution in [-0.2, 0) is 4.79 Å². The number of rotatable bonds is 3. The van der Waals surface area contributed by atoms with Crippen LogP contribution in [0.1, 0.15) is 12.5 Å². The molecule has 0 radical (unpaired) electrons. The van der Waals surface area contributed by atoms with Gasteiger partial charge in [0.15, 0.2) is 6.04 Å². The fourth-order valence-corrected chi connectivity index (χ4v) is 2.82. The Hall–Kier alpha value is -1.97. The van der Waals surface area contributed by atoms with Gasteiger partial charge in [0.2, 0.25) is 11.7 Å². The molecule has 0 saturated carbocycles. The molecule has 10 heteroatoms. The number of thiophene rings is 1. The van der Waals surface area contributed by atoms with Gasteiger partial charge in [-0.25, -0.2) is 0 Å². The van der Waals surface area contributed by atoms with E-state index < -0.39 is 24.7 Å². The summed E-state index contributed by atoms with van der Waals surface area (Å²) in [6.07, 6.45) is -4.16. The average molecular weight is 317 g/mol. The Kier molecular flexibility index (Phi) is 3.40. The second-order valence-corrected chi connectivity index (χ2v) is 5.54. The number of nitrogens with zero attached hydrogens (tertiary/aromatic N) is 5. The fourth-order valence-electron chi connectivity index (χ4n) is 2.17. The maximum atomic E-state index is 12.4. The lowest BCUT2D eigenvalue weighted by Crippen LogP contribution is -2.37. The van der Waals surface area contributed by atoms with Crippen molar-refractivity contribution in [2.24, 2.45) is 0 Å². The molecule has 3 rings (SSSR count). The van der Waals surface area contributed by atoms with Crippen LogP contribution in [0.5, 0.6) is 0 Å². The molecular weight excluding hydrogens is 307 g/mol. The fraction of sp³-hybridized carbons (Fsp3) is 0.455. The van der Waals surface area contributed by atoms with E-state index in [2.05, 4.69) is 15.4 Å². The van der Waals surface area contributed by atoms with Crippen LogP contribution in [0.25, 0.3) is 10.7 Å². The first-order valence-corrected chi connectivity index (χ1v) is 7.01. The molecule has 0 bridgehead atoms. The number of hydrogen-bond acceptors (Lipinski definition) is 5. The number of halogens is 3. The molecular formula is C11H10F3N5OS. The largest absolute Gasteiger partial charge is 0.406 e. The first-order chi connectivity index (χ1) is 9.94. The van der Waals surface area contributed by atoms with E-state index in [1.165, 1.54) is 11.3 Å². The molecule has 1 fully saturated rings. The SMILES string of the molecule is O=C1[C@H](n2nnc(-c3cccs3)n2)CCN1CC(F)(F)F. The van der Waals surface area contributed by atoms with Gasteiger partial charge in [-0.2, -0.15) is 18.0 Å². The van der Waals surface area contributed by atoms with Crippen molar-refractivity contribution in [2.45, 2.75) is 18.6 Å². The highest BCUT2D eigenvalue weighted by Crippen LogP contribution is 2.27. The maximum absolute atomic E-state index is 12.4. The third kappa shape index (κ3) is 2.89. The summed E-state index contributed by atoms with van der Waals surface area (Å²) in [5.41, 5.74) is 0. The van der Waals surface area contributed by atoms with Gasteiger partial charge in [-0.15, -0.1) is 21.5 Å². The van der Waals surface area contributed by atoms with E-state index in [1.54, 1.807) is 6.07 Å². The lowest BCUT2D eigenvalue weighted by atomic mass is 10.3. The number of aromatic nitrogens is 4. The van der Waals surface area contributed by atoms with Gasteiger partial charge in [0, 0.05) is 6.54 Å². The highest BCUT2D eigenvalue weighted by Gasteiger charge is 2.41. The maximum Gasteiger partial charge on any atom is 0.406 e. The predicted molar refractivity (Wildman–Crippen MR) is 67.4 cm³/mol. The minimum Gasteiger partial charge on any atom is -0.332 e. The second kappa shape index (κ2) is 5.10. The van der Waals surface area contributed by atoms with Crippen molar-refractivity contribution in [3.8, 4) is 10.7 Å². The molecule has 0 aliphatic carbocycles. The lowest BCUT2D eigenvalue weighted by molar-refractivity contribution is -0.158. The van der Waals surface area contributed by atoms with Crippen LogP contribution in [0.3, 0.4) is 0 Å². The second-order valence-electron chi connectivity index (χ2n) is 4.59. The van der Waals surface area contributed by atoms with Gasteiger partial charge in [0.1, 0.15) is 6.54 Å². The Morgan fingerprint density at radius 1 is 1.43 bits per heavy atom. The molecule has 6 nitrogen and oxygen atoms in total. The highest BCUT2D eigenvalue weighted by molar-refractivity contribution is 7.13. The number of carbonyl (C=O) groups excluding carboxylic acids is 1. The average Bonchev–Trinajstić information content (AvgIpc) is 3.09. The van der Waals surface area contributed by atoms with Crippen molar-refractivity contribution in [3.63, 3.8) is 0 Å². The van der Waals surface area contributed by atoms with Crippen molar-refractivity contribution in [3.05, 3.63) is 17.5 Å². The van der Waals surface area contributed by atoms with Crippen LogP contribution >= 0.6 is 11.3 Å². The minimum absolute atomic E-state index is 0.0406. The molecule has 3 heterocycles. The van der Waals surface area contributed by atoms with Gasteiger partial charge in [-0.1, -0.05) is 6.07 Å². The van der Waals surface area contributed by atoms with Crippen molar-refractivity contribution >= 4 is 17.2 Å². The van der Waals surface area contributed by atoms with E-state index >= 15 is 0 Å². The summed E-state index contributed by atoms with van der Waals surface area (Å²) < 4.78 is 37.1. The first-order valence-electron chi connectivity index (χ1n) is 6.13. The Morgan fingerprint density at radius 2 is 2.24 bits per heavy atom. The van der Waals surface area contributed by atoms with Gasteiger partial charge in [-0.3, -0.25) is 4.79 Å². The zero-order valence-electron chi connectivity index (χ0n) is 10.6. The Morgan fingerprint density at radius 3 is 2.90 bits per heavy atom. The van der Waals surface area contributed by atoms with E-state index in [-0.39, 0.29) is 13.0 Å². The van der Waals surface area contributed by atoms with Gasteiger partial charge in [-0.05, 0) is 23.1 Å². The molecule has 1 saturated heterocycles. The predicted octanol–water partition coefficient (Wildman–Crippen LogP) is 1.74. The summed E-state index contributed by atoms with van der Waals surface area (Å²) in [6.45, 7) is -1.20. The van der Waals surface area contributed by atoms with Crippen LogP contribution in [0, 0.1) is 0 Å². The van der Waals surface area contributed by atoms with E-state index in [1.807, 2.05) is 11.4 Å². The summed E-state index contributed by atoms with van der Waals surface area (Å²) >= 11 is 1.42. The Labute approximate surface area is 121 Å². The summed E-state index contributed by atoms with van der Waals surface area (Å²) in [5, 5.41) is 13.6. The summed E-state index contributed by atoms with van der Waals surface area (Å²) in [7, 11) is 0. The molecule has 0 aromatic carbocycles. The molecule has 1 aliphatic rings. The monoisotopic (exact) mass is 317 g/mol. The van der Waals surface area contributed by atoms with Crippen LogP contribution in [-0.4, -0.2) is 50.3 Å². The zero-order valence-corrected chi connectivity index (χ0v) is 11.4. The van der Waals surface area contributed by atoms with Gasteiger partial charge in [0.25, 0.3) is 0 Å². The van der Waals surface area contributed by atoms with Crippen LogP contribution in [0.2, 0.25) is 0 Å². The lowest BCUT2D eigenvalue weighted by Gasteiger charge is -2.17. The number of amides is 1. The first kappa shape index (κ1) is 14.0. The van der Waals surface area contributed by atoms with E-state index in [9.17, 15) is 18.0 Å². The van der Waals surface area contributed by atoms with Gasteiger partial charge < -0.3 is 4.90 Å². The summed E-state index contributed by atoms with van der Waals surface area (Å²) in [5.74, 6) is -0.255. The van der Waals surface area contributed by atoms with Crippen molar-refractivity contribution in [2.75, 3.05) is 13.1 Å². The molecule has 1 atom stereocenters. The number of carbonyl (C=O) groups is 1. The number of alkyl halides is 3. The van der Waals surface area contributed by atoms with E-state index in [0.29, 0.717) is 5.82 Å². The molecule has 1 aliphatic heterocycles. The normalized spacial score (nSPS) is 19.5. The Bertz CT molecular complexity index is 639. The Balaban J connectivity index is 1.75. The van der Waals surface area contributed by atoms with E-state index in [4.69, 9.17) is 0 Å². The third-order valence-electron chi connectivity index (χ3n) is 3.09. The molecule has 112 valence electrons. The molecule has 0 N–H and O–H groups in total. The van der Waals surface area contributed by atoms with E-state index in [0.717, 1.165) is 14.6 Å². The minimum atomic E-state index is -4.40. The van der Waals surface area contributed by atoms with Crippen molar-refractivity contribution in [1.82, 2.24) is 25.1 Å². The summed E-state index contributed by atoms with van der Waals surface area (Å²) in [4.78, 5) is 14.7. The van der Waals surface area contributed by atoms with Crippen molar-refractivity contribution < 1.29 is 18.0 Å². The quantitative estimate of drug-likeness (QED) is 0.865. The smallest absolute Gasteiger partial charge is 0.332 e. The highest BCUT2D eigenvalue weighted by atomic mass is 32.1. The topological polar surface area (TPSA) is 63.9 Å². The van der Waals surface area contributed by atoms with Gasteiger partial charge >= 0.3 is 6.18 Å². The van der Waals surface area contributed by atoms with Crippen LogP contribution in [0.15, 0.2) is 17.5 Å². The number of tetrazole rings is 1. The third-order valence-corrected chi connectivity index (χ3v) is 3.95. The molecule has 0 unspecified atom stereocenters. The molecule has 1 amide bonds. The molecule has 2 aromatic heterocycles. The molecule has 0 spiro atoms. The zero-order chi connectivity index (χ0) is 15.0. The van der Waals surface area contributed by atoms with Crippen LogP contribution < -0.4 is 0 Å².